The third-order valence-corrected chi connectivity index (χ3v) is 5.78. The van der Waals surface area contributed by atoms with Crippen LogP contribution in [0.1, 0.15) is 104 Å². The lowest BCUT2D eigenvalue weighted by Gasteiger charge is -2.39. The zero-order valence-electron chi connectivity index (χ0n) is 16.9. The highest BCUT2D eigenvalue weighted by molar-refractivity contribution is 9.09. The van der Waals surface area contributed by atoms with Gasteiger partial charge in [-0.15, -0.1) is 0 Å². The minimum atomic E-state index is 0. The van der Waals surface area contributed by atoms with Gasteiger partial charge in [-0.3, -0.25) is 0 Å². The lowest BCUT2D eigenvalue weighted by molar-refractivity contribution is -0.928. The van der Waals surface area contributed by atoms with E-state index in [1.807, 2.05) is 0 Å². The van der Waals surface area contributed by atoms with E-state index < -0.39 is 0 Å². The quantitative estimate of drug-likeness (QED) is 0.110. The first-order chi connectivity index (χ1) is 11.2. The van der Waals surface area contributed by atoms with Gasteiger partial charge in [0.1, 0.15) is 0 Å². The van der Waals surface area contributed by atoms with Crippen molar-refractivity contribution in [3.8, 4) is 0 Å². The van der Waals surface area contributed by atoms with E-state index in [-0.39, 0.29) is 24.0 Å². The summed E-state index contributed by atoms with van der Waals surface area (Å²) in [5, 5.41) is 1.17. The molecular weight excluding hydrogens is 473 g/mol. The van der Waals surface area contributed by atoms with Gasteiger partial charge >= 0.3 is 0 Å². The molecule has 0 amide bonds. The molecular formula is C21H45BrIN. The molecule has 0 saturated carbocycles. The number of halogens is 2. The Morgan fingerprint density at radius 3 is 1.12 bits per heavy atom. The van der Waals surface area contributed by atoms with Crippen molar-refractivity contribution in [2.24, 2.45) is 0 Å². The minimum Gasteiger partial charge on any atom is -1.00 e. The van der Waals surface area contributed by atoms with Crippen LogP contribution in [0, 0.1) is 0 Å². The normalized spacial score (nSPS) is 11.5. The van der Waals surface area contributed by atoms with Gasteiger partial charge in [-0.05, 0) is 38.5 Å². The molecule has 0 spiro atoms. The number of hydrogen-bond acceptors (Lipinski definition) is 0. The summed E-state index contributed by atoms with van der Waals surface area (Å²) in [6, 6.07) is 0. The second-order valence-electron chi connectivity index (χ2n) is 7.46. The fourth-order valence-corrected chi connectivity index (χ4v) is 3.94. The lowest BCUT2D eigenvalue weighted by atomic mass is 10.1. The first kappa shape index (κ1) is 27.4. The van der Waals surface area contributed by atoms with Crippen LogP contribution in [0.3, 0.4) is 0 Å². The van der Waals surface area contributed by atoms with Crippen molar-refractivity contribution >= 4 is 15.9 Å². The first-order valence-corrected chi connectivity index (χ1v) is 11.8. The van der Waals surface area contributed by atoms with Gasteiger partial charge in [0.05, 0.1) is 26.2 Å². The molecule has 0 N–H and O–H groups in total. The fraction of sp³-hybridized carbons (Fsp3) is 1.00. The minimum absolute atomic E-state index is 0. The summed E-state index contributed by atoms with van der Waals surface area (Å²) < 4.78 is 1.42. The van der Waals surface area contributed by atoms with E-state index in [2.05, 4.69) is 36.7 Å². The average molecular weight is 518 g/mol. The maximum Gasteiger partial charge on any atom is 0.0794 e. The van der Waals surface area contributed by atoms with Crippen molar-refractivity contribution in [3.63, 3.8) is 0 Å². The summed E-state index contributed by atoms with van der Waals surface area (Å²) in [5.74, 6) is 0. The first-order valence-electron chi connectivity index (χ1n) is 10.7. The van der Waals surface area contributed by atoms with Crippen LogP contribution in [-0.2, 0) is 0 Å². The largest absolute Gasteiger partial charge is 1.00 e. The van der Waals surface area contributed by atoms with Gasteiger partial charge in [-0.2, -0.15) is 0 Å². The van der Waals surface area contributed by atoms with Crippen LogP contribution >= 0.6 is 15.9 Å². The van der Waals surface area contributed by atoms with Gasteiger partial charge in [-0.25, -0.2) is 0 Å². The molecule has 0 unspecified atom stereocenters. The molecule has 0 aliphatic heterocycles. The van der Waals surface area contributed by atoms with Crippen LogP contribution in [-0.4, -0.2) is 36.0 Å². The zero-order valence-corrected chi connectivity index (χ0v) is 20.7. The van der Waals surface area contributed by atoms with Gasteiger partial charge in [0.2, 0.25) is 0 Å². The number of nitrogens with zero attached hydrogens (tertiary/aromatic N) is 1. The van der Waals surface area contributed by atoms with Crippen molar-refractivity contribution < 1.29 is 28.5 Å². The monoisotopic (exact) mass is 517 g/mol. The molecule has 0 radical (unpaired) electrons. The second-order valence-corrected chi connectivity index (χ2v) is 8.25. The Labute approximate surface area is 179 Å². The molecule has 24 heavy (non-hydrogen) atoms. The van der Waals surface area contributed by atoms with Crippen molar-refractivity contribution in [1.82, 2.24) is 0 Å². The van der Waals surface area contributed by atoms with Crippen LogP contribution in [0.2, 0.25) is 0 Å². The molecule has 0 heterocycles. The Kier molecular flexibility index (Phi) is 23.4. The Morgan fingerprint density at radius 2 is 0.833 bits per heavy atom. The third-order valence-electron chi connectivity index (χ3n) is 5.22. The fourth-order valence-electron chi connectivity index (χ4n) is 3.69. The molecule has 3 heteroatoms. The zero-order chi connectivity index (χ0) is 17.2. The van der Waals surface area contributed by atoms with Crippen LogP contribution in [0.5, 0.6) is 0 Å². The Hall–Kier alpha value is 1.17. The number of unbranched alkanes of at least 4 members (excludes halogenated alkanes) is 9. The summed E-state index contributed by atoms with van der Waals surface area (Å²) in [4.78, 5) is 0. The standard InChI is InChI=1S/C21H45BrN.HI/c1-4-7-10-13-18-23(21-16-17-22,19-14-11-8-5-2)20-15-12-9-6-3;/h4-21H2,1-3H3;1H/q+1;/p-1. The molecule has 0 aromatic carbocycles. The van der Waals surface area contributed by atoms with Crippen molar-refractivity contribution in [2.45, 2.75) is 104 Å². The maximum absolute atomic E-state index is 3.67. The number of hydrogen-bond donors (Lipinski definition) is 0. The summed E-state index contributed by atoms with van der Waals surface area (Å²) >= 11 is 3.67. The predicted molar refractivity (Wildman–Crippen MR) is 111 cm³/mol. The molecule has 0 aromatic heterocycles. The van der Waals surface area contributed by atoms with E-state index in [0.717, 1.165) is 0 Å². The predicted octanol–water partition coefficient (Wildman–Crippen LogP) is 4.33. The smallest absolute Gasteiger partial charge is 0.0794 e. The van der Waals surface area contributed by atoms with E-state index in [1.54, 1.807) is 0 Å². The number of alkyl halides is 1. The highest BCUT2D eigenvalue weighted by Crippen LogP contribution is 2.18. The van der Waals surface area contributed by atoms with E-state index in [1.165, 1.54) is 119 Å². The summed E-state index contributed by atoms with van der Waals surface area (Å²) in [7, 11) is 0. The Balaban J connectivity index is 0. The highest BCUT2D eigenvalue weighted by Gasteiger charge is 2.25. The van der Waals surface area contributed by atoms with Crippen LogP contribution < -0.4 is 24.0 Å². The maximum atomic E-state index is 3.67. The highest BCUT2D eigenvalue weighted by atomic mass is 127. The molecule has 0 saturated heterocycles. The molecule has 0 bridgehead atoms. The third kappa shape index (κ3) is 15.4. The molecule has 0 aliphatic rings. The topological polar surface area (TPSA) is 0 Å². The van der Waals surface area contributed by atoms with Gasteiger partial charge in [-0.1, -0.05) is 75.2 Å². The van der Waals surface area contributed by atoms with Crippen molar-refractivity contribution in [2.75, 3.05) is 31.5 Å². The Morgan fingerprint density at radius 1 is 0.500 bits per heavy atom. The van der Waals surface area contributed by atoms with Gasteiger partial charge in [0.15, 0.2) is 0 Å². The molecule has 148 valence electrons. The molecule has 0 fully saturated rings. The molecule has 0 rings (SSSR count). The molecule has 1 nitrogen and oxygen atoms in total. The Bertz CT molecular complexity index is 205. The van der Waals surface area contributed by atoms with Crippen molar-refractivity contribution in [1.29, 1.82) is 0 Å². The van der Waals surface area contributed by atoms with E-state index in [0.29, 0.717) is 0 Å². The van der Waals surface area contributed by atoms with E-state index >= 15 is 0 Å². The van der Waals surface area contributed by atoms with Gasteiger partial charge < -0.3 is 28.5 Å². The molecule has 0 aliphatic carbocycles. The lowest BCUT2D eigenvalue weighted by Crippen LogP contribution is -3.00. The SMILES string of the molecule is CCCCCC[N+](CCCBr)(CCCCCC)CCCCCC.[I-]. The summed E-state index contributed by atoms with van der Waals surface area (Å²) in [5.41, 5.74) is 0. The van der Waals surface area contributed by atoms with Crippen LogP contribution in [0.15, 0.2) is 0 Å². The van der Waals surface area contributed by atoms with Gasteiger partial charge in [0.25, 0.3) is 0 Å². The van der Waals surface area contributed by atoms with E-state index in [4.69, 9.17) is 0 Å². The van der Waals surface area contributed by atoms with E-state index in [9.17, 15) is 0 Å². The second kappa shape index (κ2) is 20.5. The van der Waals surface area contributed by atoms with Gasteiger partial charge in [0, 0.05) is 11.8 Å². The molecule has 0 atom stereocenters. The molecule has 0 aromatic rings. The summed E-state index contributed by atoms with van der Waals surface area (Å²) in [6.07, 6.45) is 18.3. The average Bonchev–Trinajstić information content (AvgIpc) is 2.57. The van der Waals surface area contributed by atoms with Crippen LogP contribution in [0.25, 0.3) is 0 Å². The number of rotatable bonds is 18. The summed E-state index contributed by atoms with van der Waals surface area (Å²) in [6.45, 7) is 12.7. The van der Waals surface area contributed by atoms with Crippen LogP contribution in [0.4, 0.5) is 0 Å². The van der Waals surface area contributed by atoms with Crippen molar-refractivity contribution in [3.05, 3.63) is 0 Å². The number of quaternary nitrogens is 1.